The van der Waals surface area contributed by atoms with Crippen LogP contribution >= 0.6 is 0 Å². The fraction of sp³-hybridized carbons (Fsp3) is 0.318. The van der Waals surface area contributed by atoms with Crippen LogP contribution in [0.15, 0.2) is 47.3 Å². The van der Waals surface area contributed by atoms with Crippen LogP contribution in [0.3, 0.4) is 0 Å². The molecule has 0 unspecified atom stereocenters. The van der Waals surface area contributed by atoms with Gasteiger partial charge in [-0.25, -0.2) is 4.68 Å². The molecule has 156 valence electrons. The summed E-state index contributed by atoms with van der Waals surface area (Å²) < 4.78 is 6.17. The van der Waals surface area contributed by atoms with Crippen molar-refractivity contribution in [2.75, 3.05) is 11.9 Å². The van der Waals surface area contributed by atoms with Gasteiger partial charge in [0.05, 0.1) is 18.4 Å². The molecule has 0 aliphatic carbocycles. The van der Waals surface area contributed by atoms with E-state index >= 15 is 0 Å². The molecule has 8 nitrogen and oxygen atoms in total. The molecule has 0 saturated carbocycles. The summed E-state index contributed by atoms with van der Waals surface area (Å²) in [5.41, 5.74) is 2.87. The molecule has 0 aliphatic heterocycles. The Morgan fingerprint density at radius 2 is 1.90 bits per heavy atom. The minimum atomic E-state index is -0.596. The summed E-state index contributed by atoms with van der Waals surface area (Å²) in [6, 6.07) is 12.7. The molecule has 1 N–H and O–H groups in total. The largest absolute Gasteiger partial charge is 0.456 e. The minimum Gasteiger partial charge on any atom is -0.456 e. The molecular formula is C22H24N4O4. The normalized spacial score (nSPS) is 10.9. The minimum absolute atomic E-state index is 0.0202. The van der Waals surface area contributed by atoms with Crippen LogP contribution in [0.5, 0.6) is 0 Å². The number of nitrogens with zero attached hydrogens (tertiary/aromatic N) is 3. The van der Waals surface area contributed by atoms with Crippen LogP contribution in [0, 0.1) is 6.92 Å². The molecule has 2 aromatic carbocycles. The lowest BCUT2D eigenvalue weighted by Gasteiger charge is -2.16. The Balaban J connectivity index is 1.55. The summed E-state index contributed by atoms with van der Waals surface area (Å²) in [6.45, 7) is 5.62. The molecule has 0 spiro atoms. The highest BCUT2D eigenvalue weighted by Crippen LogP contribution is 2.27. The molecular weight excluding hydrogens is 384 g/mol. The van der Waals surface area contributed by atoms with Crippen LogP contribution in [0.25, 0.3) is 10.9 Å². The molecule has 1 heterocycles. The molecule has 3 rings (SSSR count). The first kappa shape index (κ1) is 21.2. The fourth-order valence-electron chi connectivity index (χ4n) is 3.10. The summed E-state index contributed by atoms with van der Waals surface area (Å²) in [7, 11) is 0. The first-order valence-electron chi connectivity index (χ1n) is 9.74. The van der Waals surface area contributed by atoms with E-state index in [1.807, 2.05) is 39.0 Å². The number of hydrogen-bond donors (Lipinski definition) is 1. The Morgan fingerprint density at radius 1 is 1.13 bits per heavy atom. The van der Waals surface area contributed by atoms with Gasteiger partial charge in [0.1, 0.15) is 5.52 Å². The van der Waals surface area contributed by atoms with Crippen LogP contribution in [0.2, 0.25) is 0 Å². The highest BCUT2D eigenvalue weighted by atomic mass is 16.5. The lowest BCUT2D eigenvalue weighted by Crippen LogP contribution is -2.27. The molecule has 8 heteroatoms. The van der Waals surface area contributed by atoms with Crippen LogP contribution in [-0.2, 0) is 20.9 Å². The number of amides is 1. The van der Waals surface area contributed by atoms with Crippen molar-refractivity contribution in [2.45, 2.75) is 39.7 Å². The number of hydrogen-bond acceptors (Lipinski definition) is 6. The first-order chi connectivity index (χ1) is 14.4. The van der Waals surface area contributed by atoms with E-state index in [1.165, 1.54) is 0 Å². The number of esters is 1. The predicted octanol–water partition coefficient (Wildman–Crippen LogP) is 2.80. The number of rotatable bonds is 7. The molecule has 3 aromatic rings. The van der Waals surface area contributed by atoms with Crippen LogP contribution in [0.1, 0.15) is 37.3 Å². The zero-order valence-electron chi connectivity index (χ0n) is 17.2. The fourth-order valence-corrected chi connectivity index (χ4v) is 3.10. The second-order valence-corrected chi connectivity index (χ2v) is 7.29. The maximum Gasteiger partial charge on any atom is 0.308 e. The van der Waals surface area contributed by atoms with E-state index < -0.39 is 18.5 Å². The van der Waals surface area contributed by atoms with Gasteiger partial charge in [0.15, 0.2) is 6.61 Å². The number of aryl methyl sites for hydroxylation is 2. The third-order valence-corrected chi connectivity index (χ3v) is 4.71. The van der Waals surface area contributed by atoms with Crippen LogP contribution in [0.4, 0.5) is 5.69 Å². The van der Waals surface area contributed by atoms with Gasteiger partial charge in [0.25, 0.3) is 11.5 Å². The van der Waals surface area contributed by atoms with Crippen molar-refractivity contribution < 1.29 is 14.3 Å². The molecule has 0 fully saturated rings. The number of aromatic nitrogens is 3. The molecule has 0 atom stereocenters. The number of nitrogens with one attached hydrogen (secondary N) is 1. The number of anilines is 1. The number of carbonyl (C=O) groups is 2. The highest BCUT2D eigenvalue weighted by molar-refractivity contribution is 5.94. The van der Waals surface area contributed by atoms with Crippen molar-refractivity contribution in [2.24, 2.45) is 0 Å². The van der Waals surface area contributed by atoms with Gasteiger partial charge in [0, 0.05) is 5.69 Å². The van der Waals surface area contributed by atoms with Crippen LogP contribution in [-0.4, -0.2) is 33.5 Å². The van der Waals surface area contributed by atoms with E-state index in [-0.39, 0.29) is 24.4 Å². The lowest BCUT2D eigenvalue weighted by atomic mass is 9.98. The van der Waals surface area contributed by atoms with Gasteiger partial charge in [0.2, 0.25) is 0 Å². The highest BCUT2D eigenvalue weighted by Gasteiger charge is 2.14. The Morgan fingerprint density at radius 3 is 2.67 bits per heavy atom. The monoisotopic (exact) mass is 408 g/mol. The number of carbonyl (C=O) groups excluding carboxylic acids is 2. The summed E-state index contributed by atoms with van der Waals surface area (Å²) in [5, 5.41) is 11.1. The quantitative estimate of drug-likeness (QED) is 0.603. The van der Waals surface area contributed by atoms with Gasteiger partial charge < -0.3 is 10.1 Å². The maximum absolute atomic E-state index is 12.4. The summed E-state index contributed by atoms with van der Waals surface area (Å²) in [6.07, 6.45) is -0.0954. The van der Waals surface area contributed by atoms with Crippen molar-refractivity contribution in [1.29, 1.82) is 0 Å². The SMILES string of the molecule is Cc1cccc(C(C)C)c1NC(=O)COC(=O)CCn1nnc2ccccc2c1=O. The van der Waals surface area contributed by atoms with E-state index in [4.69, 9.17) is 4.74 Å². The van der Waals surface area contributed by atoms with E-state index in [1.54, 1.807) is 24.3 Å². The van der Waals surface area contributed by atoms with Gasteiger partial charge in [-0.2, -0.15) is 0 Å². The third kappa shape index (κ3) is 4.89. The Labute approximate surface area is 173 Å². The van der Waals surface area contributed by atoms with Gasteiger partial charge in [-0.1, -0.05) is 49.4 Å². The van der Waals surface area contributed by atoms with Gasteiger partial charge >= 0.3 is 5.97 Å². The van der Waals surface area contributed by atoms with E-state index in [2.05, 4.69) is 15.6 Å². The zero-order valence-corrected chi connectivity index (χ0v) is 17.2. The topological polar surface area (TPSA) is 103 Å². The third-order valence-electron chi connectivity index (χ3n) is 4.71. The maximum atomic E-state index is 12.4. The number of benzene rings is 2. The van der Waals surface area contributed by atoms with Crippen LogP contribution < -0.4 is 10.9 Å². The Hall–Kier alpha value is -3.55. The molecule has 0 radical (unpaired) electrons. The molecule has 1 amide bonds. The molecule has 30 heavy (non-hydrogen) atoms. The first-order valence-corrected chi connectivity index (χ1v) is 9.74. The molecule has 0 bridgehead atoms. The van der Waals surface area contributed by atoms with Crippen molar-refractivity contribution in [3.63, 3.8) is 0 Å². The molecule has 0 saturated heterocycles. The predicted molar refractivity (Wildman–Crippen MR) is 113 cm³/mol. The summed E-state index contributed by atoms with van der Waals surface area (Å²) in [5.74, 6) is -0.771. The van der Waals surface area contributed by atoms with Crippen molar-refractivity contribution in [3.8, 4) is 0 Å². The smallest absolute Gasteiger partial charge is 0.308 e. The second kappa shape index (κ2) is 9.30. The Kier molecular flexibility index (Phi) is 6.56. The van der Waals surface area contributed by atoms with E-state index in [0.29, 0.717) is 10.9 Å². The van der Waals surface area contributed by atoms with E-state index in [0.717, 1.165) is 21.5 Å². The number of ether oxygens (including phenoxy) is 1. The number of fused-ring (bicyclic) bond motifs is 1. The zero-order chi connectivity index (χ0) is 21.7. The van der Waals surface area contributed by atoms with Gasteiger partial charge in [-0.3, -0.25) is 14.4 Å². The van der Waals surface area contributed by atoms with Gasteiger partial charge in [-0.15, -0.1) is 5.10 Å². The van der Waals surface area contributed by atoms with Crippen molar-refractivity contribution in [3.05, 3.63) is 63.9 Å². The van der Waals surface area contributed by atoms with Crippen molar-refractivity contribution >= 4 is 28.5 Å². The Bertz CT molecular complexity index is 1140. The average molecular weight is 408 g/mol. The summed E-state index contributed by atoms with van der Waals surface area (Å²) >= 11 is 0. The second-order valence-electron chi connectivity index (χ2n) is 7.29. The molecule has 1 aromatic heterocycles. The average Bonchev–Trinajstić information content (AvgIpc) is 2.73. The van der Waals surface area contributed by atoms with E-state index in [9.17, 15) is 14.4 Å². The summed E-state index contributed by atoms with van der Waals surface area (Å²) in [4.78, 5) is 36.7. The number of para-hydroxylation sites is 1. The van der Waals surface area contributed by atoms with Gasteiger partial charge in [-0.05, 0) is 36.1 Å². The standard InChI is InChI=1S/C22H24N4O4/c1-14(2)16-9-6-7-15(3)21(16)23-19(27)13-30-20(28)11-12-26-22(29)17-8-4-5-10-18(17)24-25-26/h4-10,14H,11-13H2,1-3H3,(H,23,27). The lowest BCUT2D eigenvalue weighted by molar-refractivity contribution is -0.147. The molecule has 0 aliphatic rings. The van der Waals surface area contributed by atoms with Crippen molar-refractivity contribution in [1.82, 2.24) is 15.0 Å².